The number of ketones is 1. The van der Waals surface area contributed by atoms with Gasteiger partial charge in [-0.05, 0) is 72.9 Å². The number of hydrogen-bond donors (Lipinski definition) is 1. The van der Waals surface area contributed by atoms with Crippen LogP contribution in [0.5, 0.6) is 17.2 Å². The predicted molar refractivity (Wildman–Crippen MR) is 148 cm³/mol. The summed E-state index contributed by atoms with van der Waals surface area (Å²) < 4.78 is 17.1. The smallest absolute Gasteiger partial charge is 0.295 e. The number of rotatable bonds is 10. The molecule has 0 spiro atoms. The van der Waals surface area contributed by atoms with Gasteiger partial charge >= 0.3 is 0 Å². The summed E-state index contributed by atoms with van der Waals surface area (Å²) in [5.74, 6) is 0.353. The Labute approximate surface area is 228 Å². The first kappa shape index (κ1) is 27.7. The van der Waals surface area contributed by atoms with Crippen LogP contribution in [0.4, 0.5) is 0 Å². The second-order valence-electron chi connectivity index (χ2n) is 9.82. The van der Waals surface area contributed by atoms with Crippen molar-refractivity contribution >= 4 is 17.4 Å². The van der Waals surface area contributed by atoms with Crippen LogP contribution in [-0.2, 0) is 16.1 Å². The van der Waals surface area contributed by atoms with Crippen molar-refractivity contribution in [2.24, 2.45) is 5.92 Å². The lowest BCUT2D eigenvalue weighted by atomic mass is 9.94. The first-order valence-corrected chi connectivity index (χ1v) is 13.0. The van der Waals surface area contributed by atoms with Crippen molar-refractivity contribution in [2.45, 2.75) is 40.3 Å². The molecule has 8 nitrogen and oxygen atoms in total. The standard InChI is InChI=1S/C31H34N2O6/c1-6-38-25-12-9-22(15-26(25)37-5)28-27(30(35)31(36)33(28)17-21-8-7-13-32-16-21)29(34)23-10-11-24(20(4)14-23)39-18-19(2)3/h7-16,19,28,34H,6,17-18H2,1-5H3/t28-/m1/s1. The highest BCUT2D eigenvalue weighted by Gasteiger charge is 2.46. The molecule has 204 valence electrons. The molecule has 8 heteroatoms. The third-order valence-corrected chi connectivity index (χ3v) is 6.44. The number of aromatic nitrogens is 1. The molecule has 1 saturated heterocycles. The number of carbonyl (C=O) groups is 2. The van der Waals surface area contributed by atoms with E-state index < -0.39 is 17.7 Å². The molecule has 2 aromatic carbocycles. The Morgan fingerprint density at radius 3 is 2.46 bits per heavy atom. The van der Waals surface area contributed by atoms with Crippen molar-refractivity contribution < 1.29 is 28.9 Å². The van der Waals surface area contributed by atoms with E-state index in [0.717, 1.165) is 11.1 Å². The van der Waals surface area contributed by atoms with E-state index in [0.29, 0.717) is 47.5 Å². The van der Waals surface area contributed by atoms with Crippen molar-refractivity contribution in [2.75, 3.05) is 20.3 Å². The Morgan fingerprint density at radius 1 is 1.05 bits per heavy atom. The SMILES string of the molecule is CCOc1ccc([C@@H]2C(=C(O)c3ccc(OCC(C)C)c(C)c3)C(=O)C(=O)N2Cc2cccnc2)cc1OC. The maximum Gasteiger partial charge on any atom is 0.295 e. The van der Waals surface area contributed by atoms with E-state index in [2.05, 4.69) is 18.8 Å². The normalized spacial score (nSPS) is 16.6. The van der Waals surface area contributed by atoms with Crippen molar-refractivity contribution in [3.8, 4) is 17.2 Å². The molecule has 1 aromatic heterocycles. The Balaban J connectivity index is 1.83. The van der Waals surface area contributed by atoms with Gasteiger partial charge in [0.05, 0.1) is 31.9 Å². The summed E-state index contributed by atoms with van der Waals surface area (Å²) >= 11 is 0. The number of benzene rings is 2. The Bertz CT molecular complexity index is 1380. The van der Waals surface area contributed by atoms with Crippen LogP contribution in [0.25, 0.3) is 5.76 Å². The maximum atomic E-state index is 13.5. The number of ether oxygens (including phenoxy) is 3. The van der Waals surface area contributed by atoms with E-state index in [-0.39, 0.29) is 17.9 Å². The molecule has 0 bridgehead atoms. The van der Waals surface area contributed by atoms with Crippen LogP contribution >= 0.6 is 0 Å². The van der Waals surface area contributed by atoms with E-state index in [1.807, 2.05) is 19.9 Å². The zero-order valence-corrected chi connectivity index (χ0v) is 22.9. The molecule has 2 heterocycles. The molecular weight excluding hydrogens is 496 g/mol. The van der Waals surface area contributed by atoms with Crippen LogP contribution in [0.1, 0.15) is 49.1 Å². The van der Waals surface area contributed by atoms with Crippen LogP contribution < -0.4 is 14.2 Å². The second kappa shape index (κ2) is 12.0. The molecular formula is C31H34N2O6. The summed E-state index contributed by atoms with van der Waals surface area (Å²) in [7, 11) is 1.53. The monoisotopic (exact) mass is 530 g/mol. The average Bonchev–Trinajstić information content (AvgIpc) is 3.17. The van der Waals surface area contributed by atoms with E-state index in [4.69, 9.17) is 14.2 Å². The highest BCUT2D eigenvalue weighted by molar-refractivity contribution is 6.46. The molecule has 1 amide bonds. The molecule has 0 unspecified atom stereocenters. The van der Waals surface area contributed by atoms with Crippen LogP contribution in [-0.4, -0.2) is 47.0 Å². The van der Waals surface area contributed by atoms with Gasteiger partial charge < -0.3 is 24.2 Å². The third-order valence-electron chi connectivity index (χ3n) is 6.44. The molecule has 0 radical (unpaired) electrons. The summed E-state index contributed by atoms with van der Waals surface area (Å²) in [6.07, 6.45) is 3.29. The van der Waals surface area contributed by atoms with E-state index in [9.17, 15) is 14.7 Å². The molecule has 1 aliphatic rings. The number of likely N-dealkylation sites (tertiary alicyclic amines) is 1. The van der Waals surface area contributed by atoms with Crippen LogP contribution in [0.3, 0.4) is 0 Å². The van der Waals surface area contributed by atoms with E-state index >= 15 is 0 Å². The van der Waals surface area contributed by atoms with Crippen molar-refractivity contribution in [3.05, 3.63) is 88.8 Å². The van der Waals surface area contributed by atoms with Crippen molar-refractivity contribution in [3.63, 3.8) is 0 Å². The van der Waals surface area contributed by atoms with Crippen LogP contribution in [0, 0.1) is 12.8 Å². The van der Waals surface area contributed by atoms with Gasteiger partial charge in [0.15, 0.2) is 11.5 Å². The molecule has 3 aromatic rings. The molecule has 1 atom stereocenters. The van der Waals surface area contributed by atoms with Crippen LogP contribution in [0.15, 0.2) is 66.5 Å². The third kappa shape index (κ3) is 5.90. The number of aliphatic hydroxyl groups is 1. The quantitative estimate of drug-likeness (QED) is 0.211. The molecule has 1 fully saturated rings. The summed E-state index contributed by atoms with van der Waals surface area (Å²) in [5, 5.41) is 11.5. The van der Waals surface area contributed by atoms with Gasteiger partial charge in [-0.15, -0.1) is 0 Å². The van der Waals surface area contributed by atoms with Gasteiger partial charge in [-0.3, -0.25) is 14.6 Å². The number of aryl methyl sites for hydroxylation is 1. The lowest BCUT2D eigenvalue weighted by Crippen LogP contribution is -2.29. The fraction of sp³-hybridized carbons (Fsp3) is 0.323. The summed E-state index contributed by atoms with van der Waals surface area (Å²) in [6.45, 7) is 9.03. The Kier molecular flexibility index (Phi) is 8.54. The minimum Gasteiger partial charge on any atom is -0.507 e. The molecule has 1 N–H and O–H groups in total. The number of aliphatic hydroxyl groups excluding tert-OH is 1. The van der Waals surface area contributed by atoms with Gasteiger partial charge in [0.25, 0.3) is 11.7 Å². The first-order chi connectivity index (χ1) is 18.7. The second-order valence-corrected chi connectivity index (χ2v) is 9.82. The summed E-state index contributed by atoms with van der Waals surface area (Å²) in [5.41, 5.74) is 2.60. The highest BCUT2D eigenvalue weighted by Crippen LogP contribution is 2.43. The maximum absolute atomic E-state index is 13.5. The number of methoxy groups -OCH3 is 1. The average molecular weight is 531 g/mol. The van der Waals surface area contributed by atoms with E-state index in [1.165, 1.54) is 12.0 Å². The minimum absolute atomic E-state index is 0.00496. The number of Topliss-reactive ketones (excluding diaryl/α,β-unsaturated/α-hetero) is 1. The molecule has 4 rings (SSSR count). The van der Waals surface area contributed by atoms with Crippen molar-refractivity contribution in [1.82, 2.24) is 9.88 Å². The van der Waals surface area contributed by atoms with Crippen LogP contribution in [0.2, 0.25) is 0 Å². The summed E-state index contributed by atoms with van der Waals surface area (Å²) in [6, 6.07) is 13.2. The van der Waals surface area contributed by atoms with Gasteiger partial charge in [0.1, 0.15) is 11.5 Å². The Hall–Kier alpha value is -4.33. The fourth-order valence-corrected chi connectivity index (χ4v) is 4.58. The molecule has 0 saturated carbocycles. The van der Waals surface area contributed by atoms with Gasteiger partial charge in [0, 0.05) is 24.5 Å². The number of carbonyl (C=O) groups excluding carboxylic acids is 2. The number of hydrogen-bond acceptors (Lipinski definition) is 7. The number of nitrogens with zero attached hydrogens (tertiary/aromatic N) is 2. The predicted octanol–water partition coefficient (Wildman–Crippen LogP) is 5.45. The topological polar surface area (TPSA) is 98.2 Å². The lowest BCUT2D eigenvalue weighted by Gasteiger charge is -2.26. The Morgan fingerprint density at radius 2 is 1.82 bits per heavy atom. The minimum atomic E-state index is -0.855. The highest BCUT2D eigenvalue weighted by atomic mass is 16.5. The zero-order chi connectivity index (χ0) is 28.1. The number of amides is 1. The van der Waals surface area contributed by atoms with E-state index in [1.54, 1.807) is 54.9 Å². The largest absolute Gasteiger partial charge is 0.507 e. The zero-order valence-electron chi connectivity index (χ0n) is 22.9. The van der Waals surface area contributed by atoms with Gasteiger partial charge in [0.2, 0.25) is 0 Å². The number of pyridine rings is 1. The summed E-state index contributed by atoms with van der Waals surface area (Å²) in [4.78, 5) is 32.4. The first-order valence-electron chi connectivity index (χ1n) is 13.0. The molecule has 0 aliphatic carbocycles. The van der Waals surface area contributed by atoms with Gasteiger partial charge in [-0.1, -0.05) is 26.0 Å². The fourth-order valence-electron chi connectivity index (χ4n) is 4.58. The lowest BCUT2D eigenvalue weighted by molar-refractivity contribution is -0.140. The molecule has 1 aliphatic heterocycles. The van der Waals surface area contributed by atoms with Gasteiger partial charge in [-0.2, -0.15) is 0 Å². The van der Waals surface area contributed by atoms with Gasteiger partial charge in [-0.25, -0.2) is 0 Å². The molecule has 39 heavy (non-hydrogen) atoms. The van der Waals surface area contributed by atoms with Crippen molar-refractivity contribution in [1.29, 1.82) is 0 Å².